The molecule has 3 atom stereocenters. The van der Waals surface area contributed by atoms with Gasteiger partial charge in [-0.3, -0.25) is 19.1 Å². The van der Waals surface area contributed by atoms with Crippen LogP contribution in [0.2, 0.25) is 0 Å². The Kier molecular flexibility index (Phi) is 9.18. The van der Waals surface area contributed by atoms with Crippen LogP contribution >= 0.6 is 15.9 Å². The number of hydrogen-bond donors (Lipinski definition) is 2. The van der Waals surface area contributed by atoms with Crippen LogP contribution in [0.15, 0.2) is 47.3 Å². The molecule has 2 N–H and O–H groups in total. The molecule has 2 amide bonds. The molecule has 1 aliphatic heterocycles. The molecule has 4 aromatic rings. The summed E-state index contributed by atoms with van der Waals surface area (Å²) in [5.41, 5.74) is 3.28. The summed E-state index contributed by atoms with van der Waals surface area (Å²) in [5, 5.41) is 11.7. The molecule has 0 bridgehead atoms. The van der Waals surface area contributed by atoms with Crippen molar-refractivity contribution in [3.05, 3.63) is 64.4 Å². The molecule has 5 rings (SSSR count). The number of rotatable bonds is 8. The van der Waals surface area contributed by atoms with E-state index in [0.717, 1.165) is 16.7 Å². The van der Waals surface area contributed by atoms with Crippen molar-refractivity contribution in [2.75, 3.05) is 11.9 Å². The molecule has 12 heteroatoms. The van der Waals surface area contributed by atoms with Crippen molar-refractivity contribution in [2.45, 2.75) is 79.1 Å². The smallest absolute Gasteiger partial charge is 0.248 e. The van der Waals surface area contributed by atoms with Gasteiger partial charge in [0, 0.05) is 48.4 Å². The molecular weight excluding hydrogens is 636 g/mol. The first-order chi connectivity index (χ1) is 21.2. The quantitative estimate of drug-likeness (QED) is 0.195. The molecule has 0 unspecified atom stereocenters. The fraction of sp³-hybridized carbons (Fsp3) is 0.424. The summed E-state index contributed by atoms with van der Waals surface area (Å²) < 4.78 is 2.17. The Labute approximate surface area is 271 Å². The van der Waals surface area contributed by atoms with Crippen molar-refractivity contribution in [3.8, 4) is 11.1 Å². The van der Waals surface area contributed by atoms with Gasteiger partial charge in [-0.1, -0.05) is 12.1 Å². The van der Waals surface area contributed by atoms with Gasteiger partial charge in [0.15, 0.2) is 5.78 Å². The zero-order valence-electron chi connectivity index (χ0n) is 26.7. The van der Waals surface area contributed by atoms with Crippen LogP contribution in [0.25, 0.3) is 22.0 Å². The summed E-state index contributed by atoms with van der Waals surface area (Å²) in [6.45, 7) is 13.9. The van der Waals surface area contributed by atoms with Crippen molar-refractivity contribution in [2.24, 2.45) is 5.92 Å². The lowest BCUT2D eigenvalue weighted by Crippen LogP contribution is -2.48. The summed E-state index contributed by atoms with van der Waals surface area (Å²) in [7, 11) is 0. The van der Waals surface area contributed by atoms with Gasteiger partial charge in [-0.05, 0) is 99.1 Å². The van der Waals surface area contributed by atoms with Crippen LogP contribution in [-0.4, -0.2) is 71.4 Å². The molecular formula is C33H39BrN8O3. The number of anilines is 1. The normalized spacial score (nSPS) is 18.4. The van der Waals surface area contributed by atoms with Crippen molar-refractivity contribution in [1.82, 2.24) is 34.9 Å². The first-order valence-corrected chi connectivity index (χ1v) is 15.8. The Bertz CT molecular complexity index is 1760. The second-order valence-corrected chi connectivity index (χ2v) is 13.6. The number of aromatic nitrogens is 5. The maximum absolute atomic E-state index is 14.1. The summed E-state index contributed by atoms with van der Waals surface area (Å²) in [5.74, 6) is 0.405. The molecule has 4 heterocycles. The molecule has 45 heavy (non-hydrogen) atoms. The third-order valence-electron chi connectivity index (χ3n) is 8.26. The SMILES string of the molecule is CC(=O)c1nn(CC(=O)N2[C@H](C)[C@@H](CNC(C)(C)C)C[C@H]2C(=O)Nc2nc(Br)ccc2C)c2ccc(-c3cnc(C)nc3)cc12. The van der Waals surface area contributed by atoms with Crippen LogP contribution in [0.3, 0.4) is 0 Å². The Morgan fingerprint density at radius 1 is 1.04 bits per heavy atom. The number of aryl methyl sites for hydroxylation is 2. The van der Waals surface area contributed by atoms with Crippen molar-refractivity contribution < 1.29 is 14.4 Å². The number of fused-ring (bicyclic) bond motifs is 1. The molecule has 236 valence electrons. The second-order valence-electron chi connectivity index (χ2n) is 12.8. The number of ketones is 1. The number of carbonyl (C=O) groups excluding carboxylic acids is 3. The van der Waals surface area contributed by atoms with Gasteiger partial charge in [0.05, 0.1) is 5.52 Å². The van der Waals surface area contributed by atoms with Crippen LogP contribution in [0.4, 0.5) is 5.82 Å². The summed E-state index contributed by atoms with van der Waals surface area (Å²) >= 11 is 3.38. The van der Waals surface area contributed by atoms with E-state index in [1.165, 1.54) is 6.92 Å². The average Bonchev–Trinajstić information content (AvgIpc) is 3.51. The number of nitrogens with zero attached hydrogens (tertiary/aromatic N) is 6. The average molecular weight is 676 g/mol. The number of benzene rings is 1. The van der Waals surface area contributed by atoms with Gasteiger partial charge < -0.3 is 15.5 Å². The maximum atomic E-state index is 14.1. The van der Waals surface area contributed by atoms with Gasteiger partial charge in [0.25, 0.3) is 0 Å². The van der Waals surface area contributed by atoms with E-state index in [4.69, 9.17) is 0 Å². The topological polar surface area (TPSA) is 135 Å². The highest BCUT2D eigenvalue weighted by Gasteiger charge is 2.45. The van der Waals surface area contributed by atoms with E-state index >= 15 is 0 Å². The molecule has 3 aromatic heterocycles. The number of pyridine rings is 1. The summed E-state index contributed by atoms with van der Waals surface area (Å²) in [4.78, 5) is 55.3. The number of hydrogen-bond acceptors (Lipinski definition) is 8. The van der Waals surface area contributed by atoms with Crippen molar-refractivity contribution >= 4 is 50.2 Å². The van der Waals surface area contributed by atoms with E-state index in [9.17, 15) is 14.4 Å². The first kappa shape index (κ1) is 32.4. The molecule has 1 aliphatic rings. The number of halogens is 1. The van der Waals surface area contributed by atoms with Crippen molar-refractivity contribution in [1.29, 1.82) is 0 Å². The predicted octanol–water partition coefficient (Wildman–Crippen LogP) is 5.10. The molecule has 1 saturated heterocycles. The highest BCUT2D eigenvalue weighted by Crippen LogP contribution is 2.33. The fourth-order valence-electron chi connectivity index (χ4n) is 5.76. The molecule has 0 saturated carbocycles. The minimum atomic E-state index is -0.707. The van der Waals surface area contributed by atoms with Gasteiger partial charge in [-0.15, -0.1) is 0 Å². The minimum Gasteiger partial charge on any atom is -0.326 e. The Hall–Kier alpha value is -4.03. The van der Waals surface area contributed by atoms with Gasteiger partial charge in [-0.25, -0.2) is 15.0 Å². The fourth-order valence-corrected chi connectivity index (χ4v) is 6.07. The van der Waals surface area contributed by atoms with E-state index in [1.54, 1.807) is 22.0 Å². The zero-order valence-corrected chi connectivity index (χ0v) is 28.3. The van der Waals surface area contributed by atoms with Crippen LogP contribution in [0.5, 0.6) is 0 Å². The van der Waals surface area contributed by atoms with Crippen LogP contribution in [-0.2, 0) is 16.1 Å². The lowest BCUT2D eigenvalue weighted by molar-refractivity contribution is -0.139. The zero-order chi connectivity index (χ0) is 32.6. The molecule has 1 fully saturated rings. The Morgan fingerprint density at radius 3 is 2.42 bits per heavy atom. The highest BCUT2D eigenvalue weighted by atomic mass is 79.9. The number of amides is 2. The molecule has 11 nitrogen and oxygen atoms in total. The van der Waals surface area contributed by atoms with Gasteiger partial charge >= 0.3 is 0 Å². The Morgan fingerprint density at radius 2 is 1.76 bits per heavy atom. The molecule has 1 aromatic carbocycles. The number of likely N-dealkylation sites (tertiary alicyclic amines) is 1. The van der Waals surface area contributed by atoms with E-state index in [-0.39, 0.29) is 47.3 Å². The van der Waals surface area contributed by atoms with Crippen molar-refractivity contribution in [3.63, 3.8) is 0 Å². The van der Waals surface area contributed by atoms with E-state index in [0.29, 0.717) is 40.1 Å². The van der Waals surface area contributed by atoms with E-state index in [1.807, 2.05) is 51.1 Å². The number of carbonyl (C=O) groups is 3. The Balaban J connectivity index is 1.46. The number of Topliss-reactive ketones (excluding diaryl/α,β-unsaturated/α-hetero) is 1. The largest absolute Gasteiger partial charge is 0.326 e. The third kappa shape index (κ3) is 7.12. The maximum Gasteiger partial charge on any atom is 0.248 e. The minimum absolute atomic E-state index is 0.0434. The van der Waals surface area contributed by atoms with Gasteiger partial charge in [0.1, 0.15) is 34.5 Å². The third-order valence-corrected chi connectivity index (χ3v) is 8.70. The van der Waals surface area contributed by atoms with Gasteiger partial charge in [0.2, 0.25) is 11.8 Å². The standard InChI is InChI=1S/C33H39BrN8O3/c1-18-8-11-28(34)38-31(18)39-32(45)27-13-23(16-37-33(5,6)7)19(2)42(27)29(44)17-41-26-10-9-22(24-14-35-21(4)36-15-24)12-25(26)30(40-41)20(3)43/h8-12,14-15,19,23,27,37H,13,16-17H2,1-7H3,(H,38,39,45)/t19-,23-,27+/m1/s1. The number of nitrogens with one attached hydrogen (secondary N) is 2. The highest BCUT2D eigenvalue weighted by molar-refractivity contribution is 9.10. The predicted molar refractivity (Wildman–Crippen MR) is 177 cm³/mol. The molecule has 0 spiro atoms. The monoisotopic (exact) mass is 674 g/mol. The lowest BCUT2D eigenvalue weighted by atomic mass is 9.98. The van der Waals surface area contributed by atoms with E-state index in [2.05, 4.69) is 67.4 Å². The van der Waals surface area contributed by atoms with E-state index < -0.39 is 6.04 Å². The summed E-state index contributed by atoms with van der Waals surface area (Å²) in [6.07, 6.45) is 3.97. The van der Waals surface area contributed by atoms with Crippen LogP contribution in [0, 0.1) is 19.8 Å². The van der Waals surface area contributed by atoms with Crippen LogP contribution in [0.1, 0.15) is 62.9 Å². The van der Waals surface area contributed by atoms with Gasteiger partial charge in [-0.2, -0.15) is 5.10 Å². The lowest BCUT2D eigenvalue weighted by Gasteiger charge is -2.30. The summed E-state index contributed by atoms with van der Waals surface area (Å²) in [6, 6.07) is 8.39. The van der Waals surface area contributed by atoms with Crippen LogP contribution < -0.4 is 10.6 Å². The first-order valence-electron chi connectivity index (χ1n) is 15.0. The molecule has 0 aliphatic carbocycles. The second kappa shape index (κ2) is 12.8. The molecule has 0 radical (unpaired) electrons.